The number of phenols is 1. The van der Waals surface area contributed by atoms with Crippen LogP contribution >= 0.6 is 11.6 Å². The van der Waals surface area contributed by atoms with Gasteiger partial charge in [0.05, 0.1) is 20.9 Å². The number of aryl methyl sites for hydroxylation is 2. The van der Waals surface area contributed by atoms with Gasteiger partial charge in [0.15, 0.2) is 11.5 Å². The quantitative estimate of drug-likeness (QED) is 0.115. The van der Waals surface area contributed by atoms with Gasteiger partial charge in [-0.3, -0.25) is 9.27 Å². The second-order valence-electron chi connectivity index (χ2n) is 9.62. The molecule has 0 spiro atoms. The summed E-state index contributed by atoms with van der Waals surface area (Å²) >= 11 is 6.18. The summed E-state index contributed by atoms with van der Waals surface area (Å²) in [4.78, 5) is -0.673. The maximum Gasteiger partial charge on any atom is 0.294 e. The smallest absolute Gasteiger partial charge is 0.294 e. The molecule has 0 saturated carbocycles. The molecule has 5 aromatic rings. The number of halogens is 1. The van der Waals surface area contributed by atoms with E-state index < -0.39 is 30.8 Å². The molecule has 0 saturated heterocycles. The molecule has 0 fully saturated rings. The van der Waals surface area contributed by atoms with E-state index in [2.05, 4.69) is 15.0 Å². The molecule has 0 aliphatic rings. The third kappa shape index (κ3) is 6.78. The Morgan fingerprint density at radius 3 is 2.02 bits per heavy atom. The predicted octanol–water partition coefficient (Wildman–Crippen LogP) is 8.07. The number of rotatable bonds is 8. The Labute approximate surface area is 253 Å². The van der Waals surface area contributed by atoms with Crippen LogP contribution in [0.5, 0.6) is 17.2 Å². The van der Waals surface area contributed by atoms with Crippen LogP contribution in [0, 0.1) is 13.8 Å². The molecule has 0 unspecified atom stereocenters. The molecule has 13 heteroatoms. The monoisotopic (exact) mass is 637 g/mol. The van der Waals surface area contributed by atoms with Gasteiger partial charge >= 0.3 is 0 Å². The van der Waals surface area contributed by atoms with Crippen molar-refractivity contribution < 1.29 is 31.2 Å². The van der Waals surface area contributed by atoms with Gasteiger partial charge in [-0.05, 0) is 79.9 Å². The van der Waals surface area contributed by atoms with Gasteiger partial charge in [-0.2, -0.15) is 8.42 Å². The number of hydrogen-bond donors (Lipinski definition) is 3. The van der Waals surface area contributed by atoms with Crippen molar-refractivity contribution in [2.75, 3.05) is 4.72 Å². The number of aromatic hydroxyl groups is 1. The number of sulfonamides is 1. The Kier molecular flexibility index (Phi) is 8.12. The standard InChI is InChI=1S/C30H24ClN3O7S2/c1-18-3-9-22(10-4-18)41-28-14-8-21(31)16-26(28)33-32-25-13-7-20-15-24(43(38,39)40)17-27(29(20)30(25)35)34-42(36,37)23-11-5-19(2)6-12-23/h3-17,34-35H,1-2H3,(H,38,39,40). The van der Waals surface area contributed by atoms with Crippen LogP contribution in [0.4, 0.5) is 17.1 Å². The highest BCUT2D eigenvalue weighted by Gasteiger charge is 2.22. The lowest BCUT2D eigenvalue weighted by atomic mass is 10.1. The third-order valence-electron chi connectivity index (χ3n) is 6.35. The number of hydrogen-bond acceptors (Lipinski definition) is 8. The summed E-state index contributed by atoms with van der Waals surface area (Å²) in [7, 11) is -8.97. The second-order valence-corrected chi connectivity index (χ2v) is 13.2. The zero-order chi connectivity index (χ0) is 30.9. The minimum atomic E-state index is -4.73. The Morgan fingerprint density at radius 1 is 0.744 bits per heavy atom. The Bertz CT molecular complexity index is 2100. The first kappa shape index (κ1) is 30.0. The molecule has 0 atom stereocenters. The van der Waals surface area contributed by atoms with E-state index in [0.717, 1.165) is 23.3 Å². The van der Waals surface area contributed by atoms with Gasteiger partial charge in [0.25, 0.3) is 20.1 Å². The molecule has 0 radical (unpaired) electrons. The Balaban J connectivity index is 1.59. The largest absolute Gasteiger partial charge is 0.505 e. The van der Waals surface area contributed by atoms with Crippen LogP contribution < -0.4 is 9.46 Å². The number of ether oxygens (including phenoxy) is 1. The van der Waals surface area contributed by atoms with E-state index in [-0.39, 0.29) is 32.7 Å². The molecular weight excluding hydrogens is 614 g/mol. The molecule has 0 heterocycles. The molecular formula is C30H24ClN3O7S2. The first-order valence-electron chi connectivity index (χ1n) is 12.6. The van der Waals surface area contributed by atoms with Gasteiger partial charge in [0, 0.05) is 5.02 Å². The fraction of sp³-hybridized carbons (Fsp3) is 0.0667. The summed E-state index contributed by atoms with van der Waals surface area (Å²) in [5.74, 6) is 0.396. The van der Waals surface area contributed by atoms with Crippen molar-refractivity contribution in [3.63, 3.8) is 0 Å². The molecule has 5 aromatic carbocycles. The maximum atomic E-state index is 13.2. The number of nitrogens with one attached hydrogen (secondary N) is 1. The molecule has 0 bridgehead atoms. The van der Waals surface area contributed by atoms with E-state index in [1.54, 1.807) is 43.3 Å². The fourth-order valence-corrected chi connectivity index (χ4v) is 5.91. The topological polar surface area (TPSA) is 155 Å². The maximum absolute atomic E-state index is 13.2. The highest BCUT2D eigenvalue weighted by atomic mass is 35.5. The van der Waals surface area contributed by atoms with Gasteiger partial charge < -0.3 is 9.84 Å². The predicted molar refractivity (Wildman–Crippen MR) is 164 cm³/mol. The molecule has 43 heavy (non-hydrogen) atoms. The van der Waals surface area contributed by atoms with Crippen molar-refractivity contribution >= 4 is 59.6 Å². The Morgan fingerprint density at radius 2 is 1.37 bits per heavy atom. The van der Waals surface area contributed by atoms with E-state index >= 15 is 0 Å². The van der Waals surface area contributed by atoms with Crippen LogP contribution in [0.25, 0.3) is 10.8 Å². The summed E-state index contributed by atoms with van der Waals surface area (Å²) in [6.07, 6.45) is 0. The van der Waals surface area contributed by atoms with Gasteiger partial charge in [-0.15, -0.1) is 10.2 Å². The number of anilines is 1. The lowest BCUT2D eigenvalue weighted by Crippen LogP contribution is -2.14. The van der Waals surface area contributed by atoms with Crippen molar-refractivity contribution in [1.29, 1.82) is 0 Å². The van der Waals surface area contributed by atoms with E-state index in [0.29, 0.717) is 16.5 Å². The van der Waals surface area contributed by atoms with Crippen LogP contribution in [0.3, 0.4) is 0 Å². The fourth-order valence-electron chi connectivity index (χ4n) is 4.14. The van der Waals surface area contributed by atoms with Crippen molar-refractivity contribution in [1.82, 2.24) is 0 Å². The van der Waals surface area contributed by atoms with Crippen LogP contribution in [0.1, 0.15) is 11.1 Å². The van der Waals surface area contributed by atoms with Crippen molar-refractivity contribution in [2.24, 2.45) is 10.2 Å². The first-order valence-corrected chi connectivity index (χ1v) is 15.9. The lowest BCUT2D eigenvalue weighted by molar-refractivity contribution is 0.480. The molecule has 220 valence electrons. The van der Waals surface area contributed by atoms with Crippen LogP contribution in [-0.4, -0.2) is 26.5 Å². The van der Waals surface area contributed by atoms with E-state index in [9.17, 15) is 26.5 Å². The zero-order valence-corrected chi connectivity index (χ0v) is 25.1. The highest BCUT2D eigenvalue weighted by molar-refractivity contribution is 7.92. The summed E-state index contributed by atoms with van der Waals surface area (Å²) in [5.41, 5.74) is 1.77. The number of phenolic OH excluding ortho intramolecular Hbond substituents is 1. The summed E-state index contributed by atoms with van der Waals surface area (Å²) in [6, 6.07) is 22.9. The van der Waals surface area contributed by atoms with Crippen molar-refractivity contribution in [2.45, 2.75) is 23.6 Å². The van der Waals surface area contributed by atoms with E-state index in [1.807, 2.05) is 19.1 Å². The van der Waals surface area contributed by atoms with Crippen molar-refractivity contribution in [3.8, 4) is 17.2 Å². The molecule has 0 aromatic heterocycles. The van der Waals surface area contributed by atoms with E-state index in [4.69, 9.17) is 16.3 Å². The molecule has 3 N–H and O–H groups in total. The minimum Gasteiger partial charge on any atom is -0.505 e. The molecule has 0 aliphatic heterocycles. The van der Waals surface area contributed by atoms with Crippen LogP contribution in [0.2, 0.25) is 5.02 Å². The number of fused-ring (bicyclic) bond motifs is 1. The van der Waals surface area contributed by atoms with Gasteiger partial charge in [0.1, 0.15) is 17.1 Å². The average Bonchev–Trinajstić information content (AvgIpc) is 2.94. The SMILES string of the molecule is Cc1ccc(Oc2ccc(Cl)cc2N=Nc2ccc3cc(S(=O)(=O)O)cc(NS(=O)(=O)c4ccc(C)cc4)c3c2O)cc1. The number of nitrogens with zero attached hydrogens (tertiary/aromatic N) is 2. The van der Waals surface area contributed by atoms with Crippen LogP contribution in [0.15, 0.2) is 111 Å². The average molecular weight is 638 g/mol. The lowest BCUT2D eigenvalue weighted by Gasteiger charge is -2.14. The first-order chi connectivity index (χ1) is 20.3. The van der Waals surface area contributed by atoms with Gasteiger partial charge in [0.2, 0.25) is 0 Å². The highest BCUT2D eigenvalue weighted by Crippen LogP contribution is 2.43. The second kappa shape index (κ2) is 11.7. The third-order valence-corrected chi connectivity index (χ3v) is 8.80. The normalized spacial score (nSPS) is 12.1. The number of benzene rings is 5. The summed E-state index contributed by atoms with van der Waals surface area (Å²) in [6.45, 7) is 3.74. The Hall–Kier alpha value is -4.49. The minimum absolute atomic E-state index is 0.0656. The summed E-state index contributed by atoms with van der Waals surface area (Å²) in [5, 5.41) is 20.0. The summed E-state index contributed by atoms with van der Waals surface area (Å²) < 4.78 is 68.3. The molecule has 5 rings (SSSR count). The molecule has 0 aliphatic carbocycles. The number of azo groups is 1. The molecule has 0 amide bonds. The molecule has 10 nitrogen and oxygen atoms in total. The van der Waals surface area contributed by atoms with E-state index in [1.165, 1.54) is 30.3 Å². The van der Waals surface area contributed by atoms with Crippen molar-refractivity contribution in [3.05, 3.63) is 107 Å². The van der Waals surface area contributed by atoms with Gasteiger partial charge in [-0.1, -0.05) is 53.1 Å². The van der Waals surface area contributed by atoms with Gasteiger partial charge in [-0.25, -0.2) is 8.42 Å². The zero-order valence-electron chi connectivity index (χ0n) is 22.7. The van der Waals surface area contributed by atoms with Crippen LogP contribution in [-0.2, 0) is 20.1 Å².